The Labute approximate surface area is 107 Å². The van der Waals surface area contributed by atoms with Crippen LogP contribution in [-0.4, -0.2) is 28.2 Å². The van der Waals surface area contributed by atoms with E-state index in [9.17, 15) is 4.79 Å². The summed E-state index contributed by atoms with van der Waals surface area (Å²) < 4.78 is 5.44. The van der Waals surface area contributed by atoms with Crippen LogP contribution in [0.1, 0.15) is 46.0 Å². The smallest absolute Gasteiger partial charge is 0.316 e. The minimum atomic E-state index is -0.884. The lowest BCUT2D eigenvalue weighted by atomic mass is 9.99. The highest BCUT2D eigenvalue weighted by Crippen LogP contribution is 2.19. The molecule has 18 heavy (non-hydrogen) atoms. The molecule has 4 N–H and O–H groups in total. The van der Waals surface area contributed by atoms with Gasteiger partial charge in [0, 0.05) is 0 Å². The van der Waals surface area contributed by atoms with Gasteiger partial charge < -0.3 is 20.8 Å². The molecule has 0 aliphatic rings. The first-order valence-corrected chi connectivity index (χ1v) is 6.07. The van der Waals surface area contributed by atoms with E-state index >= 15 is 0 Å². The van der Waals surface area contributed by atoms with E-state index in [4.69, 9.17) is 10.2 Å². The quantitative estimate of drug-likeness (QED) is 0.665. The van der Waals surface area contributed by atoms with Crippen LogP contribution in [0.5, 0.6) is 0 Å². The van der Waals surface area contributed by atoms with Crippen LogP contribution in [0.15, 0.2) is 4.42 Å². The molecule has 7 heteroatoms. The van der Waals surface area contributed by atoms with Crippen molar-refractivity contribution in [3.8, 4) is 0 Å². The first-order chi connectivity index (χ1) is 8.42. The molecule has 2 unspecified atom stereocenters. The van der Waals surface area contributed by atoms with Gasteiger partial charge in [0.25, 0.3) is 0 Å². The first kappa shape index (κ1) is 14.4. The highest BCUT2D eigenvalue weighted by molar-refractivity contribution is 5.86. The fourth-order valence-electron chi connectivity index (χ4n) is 1.41. The molecule has 0 spiro atoms. The molecule has 0 saturated heterocycles. The topological polar surface area (TPSA) is 106 Å². The average Bonchev–Trinajstić information content (AvgIpc) is 2.77. The second-order valence-electron chi connectivity index (χ2n) is 4.40. The molecule has 0 aliphatic carbocycles. The van der Waals surface area contributed by atoms with E-state index in [1.165, 1.54) is 0 Å². The van der Waals surface area contributed by atoms with E-state index in [0.717, 1.165) is 6.54 Å². The maximum Gasteiger partial charge on any atom is 0.316 e. The highest BCUT2D eigenvalue weighted by Gasteiger charge is 2.30. The van der Waals surface area contributed by atoms with Crippen molar-refractivity contribution >= 4 is 11.9 Å². The number of hydrogen-bond acceptors (Lipinski definition) is 6. The summed E-state index contributed by atoms with van der Waals surface area (Å²) in [5.41, 5.74) is 4.46. The fourth-order valence-corrected chi connectivity index (χ4v) is 1.41. The molecule has 0 bridgehead atoms. The van der Waals surface area contributed by atoms with Gasteiger partial charge in [-0.25, -0.2) is 0 Å². The van der Waals surface area contributed by atoms with Crippen LogP contribution in [0.4, 0.5) is 6.01 Å². The summed E-state index contributed by atoms with van der Waals surface area (Å²) in [7, 11) is 0. The number of carbonyl (C=O) groups excluding carboxylic acids is 1. The Balaban J connectivity index is 2.77. The van der Waals surface area contributed by atoms with E-state index < -0.39 is 11.4 Å². The summed E-state index contributed by atoms with van der Waals surface area (Å²) in [5.74, 6) is 0.0201. The van der Waals surface area contributed by atoms with Crippen molar-refractivity contribution in [2.75, 3.05) is 11.9 Å². The number of nitrogens with two attached hydrogens (primary N) is 1. The monoisotopic (exact) mass is 255 g/mol. The van der Waals surface area contributed by atoms with E-state index in [-0.39, 0.29) is 12.1 Å². The van der Waals surface area contributed by atoms with Crippen molar-refractivity contribution in [2.24, 2.45) is 5.73 Å². The summed E-state index contributed by atoms with van der Waals surface area (Å²) in [6.07, 6.45) is 0.531. The Bertz CT molecular complexity index is 406. The number of primary amides is 1. The second-order valence-corrected chi connectivity index (χ2v) is 4.40. The van der Waals surface area contributed by atoms with Crippen LogP contribution in [-0.2, 0) is 4.79 Å². The third kappa shape index (κ3) is 3.19. The lowest BCUT2D eigenvalue weighted by Gasteiger charge is -2.24. The molecule has 1 aromatic heterocycles. The third-order valence-corrected chi connectivity index (χ3v) is 2.96. The molecule has 2 atom stereocenters. The number of nitrogens with one attached hydrogen (secondary N) is 2. The SMILES string of the molecule is CCNC(C)c1nnc(NC(C)(CC)C(N)=O)o1. The molecule has 1 aromatic rings. The molecule has 0 radical (unpaired) electrons. The molecular weight excluding hydrogens is 234 g/mol. The van der Waals surface area contributed by atoms with Gasteiger partial charge in [-0.1, -0.05) is 18.9 Å². The molecule has 1 heterocycles. The lowest BCUT2D eigenvalue weighted by Crippen LogP contribution is -2.47. The molecule has 0 aliphatic heterocycles. The lowest BCUT2D eigenvalue weighted by molar-refractivity contribution is -0.121. The van der Waals surface area contributed by atoms with Crippen LogP contribution in [0, 0.1) is 0 Å². The molecule has 0 fully saturated rings. The first-order valence-electron chi connectivity index (χ1n) is 6.07. The Hall–Kier alpha value is -1.63. The largest absolute Gasteiger partial charge is 0.406 e. The van der Waals surface area contributed by atoms with E-state index in [1.54, 1.807) is 6.92 Å². The van der Waals surface area contributed by atoms with Gasteiger partial charge in [-0.05, 0) is 26.8 Å². The van der Waals surface area contributed by atoms with Crippen LogP contribution < -0.4 is 16.4 Å². The third-order valence-electron chi connectivity index (χ3n) is 2.96. The number of rotatable bonds is 7. The molecule has 1 rings (SSSR count). The van der Waals surface area contributed by atoms with Crippen molar-refractivity contribution in [3.63, 3.8) is 0 Å². The van der Waals surface area contributed by atoms with Crippen LogP contribution in [0.25, 0.3) is 0 Å². The van der Waals surface area contributed by atoms with Crippen molar-refractivity contribution in [1.29, 1.82) is 0 Å². The molecular formula is C11H21N5O2. The summed E-state index contributed by atoms with van der Waals surface area (Å²) in [6.45, 7) is 8.28. The summed E-state index contributed by atoms with van der Waals surface area (Å²) in [5, 5.41) is 13.8. The minimum absolute atomic E-state index is 0.0282. The van der Waals surface area contributed by atoms with Gasteiger partial charge in [-0.15, -0.1) is 5.10 Å². The maximum absolute atomic E-state index is 11.4. The maximum atomic E-state index is 11.4. The summed E-state index contributed by atoms with van der Waals surface area (Å²) in [6, 6.07) is 0.178. The zero-order valence-corrected chi connectivity index (χ0v) is 11.3. The number of hydrogen-bond donors (Lipinski definition) is 3. The predicted molar refractivity (Wildman–Crippen MR) is 67.9 cm³/mol. The van der Waals surface area contributed by atoms with Gasteiger partial charge in [0.1, 0.15) is 5.54 Å². The van der Waals surface area contributed by atoms with Gasteiger partial charge in [0.2, 0.25) is 11.8 Å². The standard InChI is InChI=1S/C11H21N5O2/c1-5-11(4,9(12)17)14-10-16-15-8(18-10)7(3)13-6-2/h7,13H,5-6H2,1-4H3,(H2,12,17)(H,14,16). The molecule has 102 valence electrons. The van der Waals surface area contributed by atoms with Crippen LogP contribution in [0.2, 0.25) is 0 Å². The van der Waals surface area contributed by atoms with Crippen molar-refractivity contribution in [3.05, 3.63) is 5.89 Å². The number of nitrogens with zero attached hydrogens (tertiary/aromatic N) is 2. The number of carbonyl (C=O) groups is 1. The van der Waals surface area contributed by atoms with Gasteiger partial charge in [0.15, 0.2) is 0 Å². The Morgan fingerprint density at radius 1 is 1.50 bits per heavy atom. The van der Waals surface area contributed by atoms with E-state index in [1.807, 2.05) is 20.8 Å². The van der Waals surface area contributed by atoms with E-state index in [2.05, 4.69) is 20.8 Å². The summed E-state index contributed by atoms with van der Waals surface area (Å²) >= 11 is 0. The van der Waals surface area contributed by atoms with E-state index in [0.29, 0.717) is 12.3 Å². The number of aromatic nitrogens is 2. The van der Waals surface area contributed by atoms with Crippen LogP contribution in [0.3, 0.4) is 0 Å². The predicted octanol–water partition coefficient (Wildman–Crippen LogP) is 0.806. The van der Waals surface area contributed by atoms with Gasteiger partial charge in [0.05, 0.1) is 6.04 Å². The number of amides is 1. The van der Waals surface area contributed by atoms with Crippen LogP contribution >= 0.6 is 0 Å². The van der Waals surface area contributed by atoms with Crippen molar-refractivity contribution in [2.45, 2.75) is 45.7 Å². The Kier molecular flexibility index (Phi) is 4.66. The molecule has 0 saturated carbocycles. The zero-order chi connectivity index (χ0) is 13.8. The Morgan fingerprint density at radius 2 is 2.17 bits per heavy atom. The number of anilines is 1. The van der Waals surface area contributed by atoms with Gasteiger partial charge >= 0.3 is 6.01 Å². The summed E-state index contributed by atoms with van der Waals surface area (Å²) in [4.78, 5) is 11.4. The highest BCUT2D eigenvalue weighted by atomic mass is 16.4. The minimum Gasteiger partial charge on any atom is -0.406 e. The zero-order valence-electron chi connectivity index (χ0n) is 11.3. The van der Waals surface area contributed by atoms with Gasteiger partial charge in [-0.2, -0.15) is 0 Å². The van der Waals surface area contributed by atoms with Crippen molar-refractivity contribution < 1.29 is 9.21 Å². The molecule has 7 nitrogen and oxygen atoms in total. The van der Waals surface area contributed by atoms with Crippen molar-refractivity contribution in [1.82, 2.24) is 15.5 Å². The molecule has 1 amide bonds. The van der Waals surface area contributed by atoms with Gasteiger partial charge in [-0.3, -0.25) is 4.79 Å². The average molecular weight is 255 g/mol. The molecule has 0 aromatic carbocycles. The second kappa shape index (κ2) is 5.81. The normalized spacial score (nSPS) is 16.0. The Morgan fingerprint density at radius 3 is 2.67 bits per heavy atom. The fraction of sp³-hybridized carbons (Fsp3) is 0.727.